The normalized spacial score (nSPS) is 15.7. The highest BCUT2D eigenvalue weighted by Crippen LogP contribution is 2.33. The molecule has 0 bridgehead atoms. The van der Waals surface area contributed by atoms with Crippen LogP contribution < -0.4 is 4.74 Å². The molecule has 0 N–H and O–H groups in total. The Morgan fingerprint density at radius 3 is 2.69 bits per heavy atom. The van der Waals surface area contributed by atoms with Crippen molar-refractivity contribution in [2.24, 2.45) is 0 Å². The lowest BCUT2D eigenvalue weighted by molar-refractivity contribution is -0.123. The van der Waals surface area contributed by atoms with Crippen molar-refractivity contribution in [1.29, 1.82) is 0 Å². The van der Waals surface area contributed by atoms with Crippen molar-refractivity contribution in [3.05, 3.63) is 68.3 Å². The standard InChI is InChI=1S/C22H21BrFNO3S/c1-13(2)17-6-4-14(3)10-19(17)28-9-8-25-21(26)20(29-22(25)27)12-15-11-16(23)5-7-18(15)24/h4-7,10-13H,8-9H2,1-3H3/b20-12-. The van der Waals surface area contributed by atoms with Crippen molar-refractivity contribution < 1.29 is 18.7 Å². The number of imide groups is 1. The summed E-state index contributed by atoms with van der Waals surface area (Å²) in [6.45, 7) is 6.48. The zero-order valence-electron chi connectivity index (χ0n) is 16.4. The van der Waals surface area contributed by atoms with Crippen LogP contribution in [-0.4, -0.2) is 29.2 Å². The number of hydrogen-bond acceptors (Lipinski definition) is 4. The van der Waals surface area contributed by atoms with Gasteiger partial charge in [0, 0.05) is 10.0 Å². The lowest BCUT2D eigenvalue weighted by Gasteiger charge is -2.17. The van der Waals surface area contributed by atoms with Gasteiger partial charge in [-0.25, -0.2) is 4.39 Å². The number of carbonyl (C=O) groups excluding carboxylic acids is 2. The molecule has 0 unspecified atom stereocenters. The summed E-state index contributed by atoms with van der Waals surface area (Å²) in [7, 11) is 0. The van der Waals surface area contributed by atoms with E-state index in [2.05, 4.69) is 29.8 Å². The summed E-state index contributed by atoms with van der Waals surface area (Å²) in [5.74, 6) is 0.171. The van der Waals surface area contributed by atoms with Gasteiger partial charge in [0.1, 0.15) is 18.2 Å². The molecular weight excluding hydrogens is 457 g/mol. The molecule has 2 aromatic rings. The predicted octanol–water partition coefficient (Wildman–Crippen LogP) is 6.14. The van der Waals surface area contributed by atoms with E-state index in [0.717, 1.165) is 33.5 Å². The van der Waals surface area contributed by atoms with E-state index < -0.39 is 11.7 Å². The molecule has 1 fully saturated rings. The smallest absolute Gasteiger partial charge is 0.293 e. The first kappa shape index (κ1) is 21.6. The van der Waals surface area contributed by atoms with Crippen LogP contribution >= 0.6 is 27.7 Å². The Morgan fingerprint density at radius 2 is 1.97 bits per heavy atom. The number of hydrogen-bond donors (Lipinski definition) is 0. The second-order valence-electron chi connectivity index (χ2n) is 7.04. The molecule has 2 amide bonds. The van der Waals surface area contributed by atoms with Crippen LogP contribution in [-0.2, 0) is 4.79 Å². The average Bonchev–Trinajstić information content (AvgIpc) is 2.92. The number of rotatable bonds is 6. The van der Waals surface area contributed by atoms with Gasteiger partial charge in [0.05, 0.1) is 11.4 Å². The SMILES string of the molecule is Cc1ccc(C(C)C)c(OCCN2C(=O)S/C(=C\c3cc(Br)ccc3F)C2=O)c1. The maximum absolute atomic E-state index is 14.0. The Bertz CT molecular complexity index is 990. The van der Waals surface area contributed by atoms with Gasteiger partial charge < -0.3 is 4.74 Å². The van der Waals surface area contributed by atoms with Crippen LogP contribution in [0.1, 0.15) is 36.5 Å². The molecule has 0 aromatic heterocycles. The van der Waals surface area contributed by atoms with E-state index in [1.165, 1.54) is 12.1 Å². The van der Waals surface area contributed by atoms with Crippen LogP contribution in [0.2, 0.25) is 0 Å². The molecule has 29 heavy (non-hydrogen) atoms. The topological polar surface area (TPSA) is 46.6 Å². The number of thioether (sulfide) groups is 1. The Hall–Kier alpha value is -2.12. The minimum absolute atomic E-state index is 0.133. The Morgan fingerprint density at radius 1 is 1.21 bits per heavy atom. The van der Waals surface area contributed by atoms with E-state index >= 15 is 0 Å². The third-order valence-corrected chi connectivity index (χ3v) is 5.88. The summed E-state index contributed by atoms with van der Waals surface area (Å²) >= 11 is 4.09. The zero-order valence-corrected chi connectivity index (χ0v) is 18.8. The van der Waals surface area contributed by atoms with Crippen molar-refractivity contribution in [3.8, 4) is 5.75 Å². The van der Waals surface area contributed by atoms with Gasteiger partial charge in [-0.05, 0) is 66.1 Å². The number of nitrogens with zero attached hydrogens (tertiary/aromatic N) is 1. The van der Waals surface area contributed by atoms with Gasteiger partial charge in [0.2, 0.25) is 0 Å². The maximum atomic E-state index is 14.0. The molecule has 3 rings (SSSR count). The van der Waals surface area contributed by atoms with Crippen molar-refractivity contribution in [2.75, 3.05) is 13.2 Å². The fourth-order valence-electron chi connectivity index (χ4n) is 2.95. The first-order valence-electron chi connectivity index (χ1n) is 9.20. The fourth-order valence-corrected chi connectivity index (χ4v) is 4.18. The van der Waals surface area contributed by atoms with E-state index in [4.69, 9.17) is 4.74 Å². The molecule has 2 aromatic carbocycles. The number of halogens is 2. The van der Waals surface area contributed by atoms with E-state index in [9.17, 15) is 14.0 Å². The van der Waals surface area contributed by atoms with E-state index in [1.54, 1.807) is 12.1 Å². The Balaban J connectivity index is 1.69. The quantitative estimate of drug-likeness (QED) is 0.469. The number of carbonyl (C=O) groups is 2. The Labute approximate surface area is 182 Å². The molecule has 0 radical (unpaired) electrons. The number of aryl methyl sites for hydroxylation is 1. The second-order valence-corrected chi connectivity index (χ2v) is 8.95. The highest BCUT2D eigenvalue weighted by molar-refractivity contribution is 9.10. The van der Waals surface area contributed by atoms with Crippen LogP contribution in [0.4, 0.5) is 9.18 Å². The monoisotopic (exact) mass is 477 g/mol. The van der Waals surface area contributed by atoms with Gasteiger partial charge in [-0.15, -0.1) is 0 Å². The van der Waals surface area contributed by atoms with Gasteiger partial charge in [0.15, 0.2) is 0 Å². The van der Waals surface area contributed by atoms with E-state index in [0.29, 0.717) is 10.4 Å². The molecule has 1 aliphatic heterocycles. The van der Waals surface area contributed by atoms with Crippen LogP contribution in [0.25, 0.3) is 6.08 Å². The summed E-state index contributed by atoms with van der Waals surface area (Å²) in [5, 5.41) is -0.381. The van der Waals surface area contributed by atoms with Crippen LogP contribution in [0.5, 0.6) is 5.75 Å². The molecule has 1 heterocycles. The van der Waals surface area contributed by atoms with Crippen molar-refractivity contribution in [2.45, 2.75) is 26.7 Å². The molecule has 1 aliphatic rings. The maximum Gasteiger partial charge on any atom is 0.293 e. The number of benzene rings is 2. The summed E-state index contributed by atoms with van der Waals surface area (Å²) < 4.78 is 20.5. The summed E-state index contributed by atoms with van der Waals surface area (Å²) in [5.41, 5.74) is 2.41. The molecule has 0 spiro atoms. The third-order valence-electron chi connectivity index (χ3n) is 4.48. The minimum atomic E-state index is -0.455. The highest BCUT2D eigenvalue weighted by Gasteiger charge is 2.35. The lowest BCUT2D eigenvalue weighted by Crippen LogP contribution is -2.32. The van der Waals surface area contributed by atoms with E-state index in [1.807, 2.05) is 25.1 Å². The summed E-state index contributed by atoms with van der Waals surface area (Å²) in [4.78, 5) is 26.2. The van der Waals surface area contributed by atoms with Crippen LogP contribution in [0.3, 0.4) is 0 Å². The zero-order chi connectivity index (χ0) is 21.1. The van der Waals surface area contributed by atoms with Crippen molar-refractivity contribution in [3.63, 3.8) is 0 Å². The van der Waals surface area contributed by atoms with Gasteiger partial charge in [0.25, 0.3) is 11.1 Å². The minimum Gasteiger partial charge on any atom is -0.491 e. The molecule has 0 saturated carbocycles. The third kappa shape index (κ3) is 5.08. The van der Waals surface area contributed by atoms with Gasteiger partial charge >= 0.3 is 0 Å². The largest absolute Gasteiger partial charge is 0.491 e. The average molecular weight is 478 g/mol. The summed E-state index contributed by atoms with van der Waals surface area (Å²) in [6.07, 6.45) is 1.41. The first-order valence-corrected chi connectivity index (χ1v) is 10.8. The van der Waals surface area contributed by atoms with Crippen molar-refractivity contribution >= 4 is 44.9 Å². The fraction of sp³-hybridized carbons (Fsp3) is 0.273. The molecule has 4 nitrogen and oxygen atoms in total. The molecule has 0 atom stereocenters. The molecule has 7 heteroatoms. The lowest BCUT2D eigenvalue weighted by atomic mass is 10.0. The molecular formula is C22H21BrFNO3S. The second kappa shape index (κ2) is 9.13. The van der Waals surface area contributed by atoms with Gasteiger partial charge in [-0.2, -0.15) is 0 Å². The summed E-state index contributed by atoms with van der Waals surface area (Å²) in [6, 6.07) is 10.5. The number of amides is 2. The number of ether oxygens (including phenoxy) is 1. The van der Waals surface area contributed by atoms with Crippen molar-refractivity contribution in [1.82, 2.24) is 4.90 Å². The Kier molecular flexibility index (Phi) is 6.80. The van der Waals surface area contributed by atoms with Gasteiger partial charge in [-0.3, -0.25) is 14.5 Å². The molecule has 1 saturated heterocycles. The van der Waals surface area contributed by atoms with Crippen LogP contribution in [0, 0.1) is 12.7 Å². The predicted molar refractivity (Wildman–Crippen MR) is 118 cm³/mol. The highest BCUT2D eigenvalue weighted by atomic mass is 79.9. The van der Waals surface area contributed by atoms with Crippen LogP contribution in [0.15, 0.2) is 45.8 Å². The van der Waals surface area contributed by atoms with Gasteiger partial charge in [-0.1, -0.05) is 41.9 Å². The first-order chi connectivity index (χ1) is 13.8. The molecule has 0 aliphatic carbocycles. The van der Waals surface area contributed by atoms with E-state index in [-0.39, 0.29) is 28.9 Å². The molecule has 152 valence electrons.